The number of benzene rings is 2. The number of amides is 2. The number of alkyl halides is 3. The van der Waals surface area contributed by atoms with Gasteiger partial charge in [-0.15, -0.1) is 0 Å². The number of nitrogens with zero attached hydrogens (tertiary/aromatic N) is 1. The summed E-state index contributed by atoms with van der Waals surface area (Å²) in [6.07, 6.45) is -2.00. The summed E-state index contributed by atoms with van der Waals surface area (Å²) in [7, 11) is 0. The van der Waals surface area contributed by atoms with E-state index in [9.17, 15) is 22.8 Å². The molecule has 204 valence electrons. The van der Waals surface area contributed by atoms with Gasteiger partial charge in [-0.1, -0.05) is 6.07 Å². The maximum Gasteiger partial charge on any atom is 0.416 e. The molecule has 1 aromatic heterocycles. The SMILES string of the molecule is Cc1ccc(NC(=O)c2cc(C(F)(F)F)ccn2)cc1-c1cc2c(c(C3CCOCC3)c1)OC(C)(C)C(=O)N2. The van der Waals surface area contributed by atoms with E-state index in [0.29, 0.717) is 30.3 Å². The van der Waals surface area contributed by atoms with Gasteiger partial charge in [0.15, 0.2) is 5.60 Å². The summed E-state index contributed by atoms with van der Waals surface area (Å²) in [5.74, 6) is -0.190. The van der Waals surface area contributed by atoms with E-state index in [-0.39, 0.29) is 17.5 Å². The maximum atomic E-state index is 13.1. The fraction of sp³-hybridized carbons (Fsp3) is 0.345. The number of anilines is 2. The maximum absolute atomic E-state index is 13.1. The molecule has 2 aliphatic heterocycles. The second-order valence-electron chi connectivity index (χ2n) is 10.3. The van der Waals surface area contributed by atoms with Crippen molar-refractivity contribution in [3.8, 4) is 16.9 Å². The zero-order valence-electron chi connectivity index (χ0n) is 21.7. The van der Waals surface area contributed by atoms with Gasteiger partial charge in [-0.2, -0.15) is 13.2 Å². The van der Waals surface area contributed by atoms with Gasteiger partial charge in [0.1, 0.15) is 11.4 Å². The predicted molar refractivity (Wildman–Crippen MR) is 140 cm³/mol. The number of nitrogens with one attached hydrogen (secondary N) is 2. The van der Waals surface area contributed by atoms with E-state index < -0.39 is 23.2 Å². The summed E-state index contributed by atoms with van der Waals surface area (Å²) >= 11 is 0. The number of aryl methyl sites for hydroxylation is 1. The van der Waals surface area contributed by atoms with Gasteiger partial charge in [0.05, 0.1) is 11.3 Å². The van der Waals surface area contributed by atoms with Gasteiger partial charge in [0.25, 0.3) is 11.8 Å². The van der Waals surface area contributed by atoms with Crippen molar-refractivity contribution in [2.24, 2.45) is 0 Å². The molecule has 0 saturated carbocycles. The van der Waals surface area contributed by atoms with Crippen LogP contribution in [0.25, 0.3) is 11.1 Å². The van der Waals surface area contributed by atoms with Crippen molar-refractivity contribution in [1.29, 1.82) is 0 Å². The smallest absolute Gasteiger partial charge is 0.416 e. The fourth-order valence-corrected chi connectivity index (χ4v) is 4.84. The Hall–Kier alpha value is -3.92. The molecule has 0 spiro atoms. The highest BCUT2D eigenvalue weighted by atomic mass is 19.4. The zero-order valence-corrected chi connectivity index (χ0v) is 21.7. The number of hydrogen-bond acceptors (Lipinski definition) is 5. The third kappa shape index (κ3) is 5.47. The molecule has 0 unspecified atom stereocenters. The van der Waals surface area contributed by atoms with Gasteiger partial charge in [0.2, 0.25) is 0 Å². The van der Waals surface area contributed by atoms with E-state index in [1.807, 2.05) is 25.1 Å². The first-order chi connectivity index (χ1) is 18.4. The van der Waals surface area contributed by atoms with Crippen LogP contribution in [-0.4, -0.2) is 35.6 Å². The first-order valence-electron chi connectivity index (χ1n) is 12.6. The first kappa shape index (κ1) is 26.7. The molecule has 1 saturated heterocycles. The van der Waals surface area contributed by atoms with E-state index in [0.717, 1.165) is 53.4 Å². The minimum Gasteiger partial charge on any atom is -0.476 e. The second kappa shape index (κ2) is 10.00. The van der Waals surface area contributed by atoms with Crippen LogP contribution < -0.4 is 15.4 Å². The predicted octanol–water partition coefficient (Wildman–Crippen LogP) is 6.33. The van der Waals surface area contributed by atoms with Crippen LogP contribution in [0.2, 0.25) is 0 Å². The molecule has 39 heavy (non-hydrogen) atoms. The summed E-state index contributed by atoms with van der Waals surface area (Å²) in [5, 5.41) is 5.63. The van der Waals surface area contributed by atoms with Crippen LogP contribution in [0.5, 0.6) is 5.75 Å². The van der Waals surface area contributed by atoms with Gasteiger partial charge in [-0.25, -0.2) is 0 Å². The van der Waals surface area contributed by atoms with E-state index in [1.54, 1.807) is 26.0 Å². The Bertz CT molecular complexity index is 1450. The molecule has 7 nitrogen and oxygen atoms in total. The van der Waals surface area contributed by atoms with Gasteiger partial charge in [0, 0.05) is 30.7 Å². The van der Waals surface area contributed by atoms with Crippen LogP contribution in [0.4, 0.5) is 24.5 Å². The van der Waals surface area contributed by atoms with Crippen LogP contribution >= 0.6 is 0 Å². The van der Waals surface area contributed by atoms with Crippen LogP contribution in [0, 0.1) is 6.92 Å². The lowest BCUT2D eigenvalue weighted by atomic mass is 9.86. The molecule has 0 bridgehead atoms. The minimum atomic E-state index is -4.59. The van der Waals surface area contributed by atoms with Crippen molar-refractivity contribution < 1.29 is 32.2 Å². The van der Waals surface area contributed by atoms with Crippen molar-refractivity contribution in [3.05, 3.63) is 71.0 Å². The average Bonchev–Trinajstić information content (AvgIpc) is 2.90. The molecular weight excluding hydrogens is 511 g/mol. The number of ether oxygens (including phenoxy) is 2. The summed E-state index contributed by atoms with van der Waals surface area (Å²) in [4.78, 5) is 29.3. The lowest BCUT2D eigenvalue weighted by Gasteiger charge is -2.35. The number of fused-ring (bicyclic) bond motifs is 1. The van der Waals surface area contributed by atoms with Gasteiger partial charge >= 0.3 is 6.18 Å². The summed E-state index contributed by atoms with van der Waals surface area (Å²) in [5.41, 5.74) is 2.13. The molecule has 3 aromatic rings. The molecule has 2 N–H and O–H groups in total. The Labute approximate surface area is 223 Å². The number of carbonyl (C=O) groups is 2. The number of halogens is 3. The molecule has 10 heteroatoms. The molecule has 0 atom stereocenters. The molecule has 2 aliphatic rings. The zero-order chi connectivity index (χ0) is 27.9. The van der Waals surface area contributed by atoms with Crippen LogP contribution in [-0.2, 0) is 15.7 Å². The summed E-state index contributed by atoms with van der Waals surface area (Å²) < 4.78 is 51.0. The minimum absolute atomic E-state index is 0.174. The van der Waals surface area contributed by atoms with Gasteiger partial charge < -0.3 is 20.1 Å². The molecule has 2 amide bonds. The second-order valence-corrected chi connectivity index (χ2v) is 10.3. The molecule has 0 radical (unpaired) electrons. The van der Waals surface area contributed by atoms with E-state index >= 15 is 0 Å². The first-order valence-corrected chi connectivity index (χ1v) is 12.6. The highest BCUT2D eigenvalue weighted by Gasteiger charge is 2.38. The number of aromatic nitrogens is 1. The third-order valence-corrected chi connectivity index (χ3v) is 7.06. The highest BCUT2D eigenvalue weighted by Crippen LogP contribution is 2.46. The van der Waals surface area contributed by atoms with Crippen molar-refractivity contribution in [2.75, 3.05) is 23.8 Å². The number of hydrogen-bond donors (Lipinski definition) is 2. The topological polar surface area (TPSA) is 89.6 Å². The van der Waals surface area contributed by atoms with Crippen LogP contribution in [0.1, 0.15) is 59.8 Å². The lowest BCUT2D eigenvalue weighted by Crippen LogP contribution is -2.46. The Morgan fingerprint density at radius 3 is 2.56 bits per heavy atom. The Kier molecular flexibility index (Phi) is 6.84. The normalized spacial score (nSPS) is 17.1. The van der Waals surface area contributed by atoms with Crippen molar-refractivity contribution >= 4 is 23.2 Å². The average molecular weight is 540 g/mol. The highest BCUT2D eigenvalue weighted by molar-refractivity contribution is 6.04. The van der Waals surface area contributed by atoms with Gasteiger partial charge in [-0.05, 0) is 92.6 Å². The number of carbonyl (C=O) groups excluding carboxylic acids is 2. The molecule has 2 aromatic carbocycles. The standard InChI is InChI=1S/C29H28F3N3O4/c1-16-4-5-20(34-26(36)24-14-19(6-9-33-24)29(30,31)32)15-21(16)18-12-22(17-7-10-38-11-8-17)25-23(13-18)35-27(37)28(2,3)39-25/h4-6,9,12-15,17H,7-8,10-11H2,1-3H3,(H,34,36)(H,35,37). The number of pyridine rings is 1. The molecule has 0 aliphatic carbocycles. The van der Waals surface area contributed by atoms with E-state index in [4.69, 9.17) is 9.47 Å². The van der Waals surface area contributed by atoms with Crippen LogP contribution in [0.3, 0.4) is 0 Å². The third-order valence-electron chi connectivity index (χ3n) is 7.06. The van der Waals surface area contributed by atoms with Crippen LogP contribution in [0.15, 0.2) is 48.7 Å². The fourth-order valence-electron chi connectivity index (χ4n) is 4.84. The quantitative estimate of drug-likeness (QED) is 0.404. The summed E-state index contributed by atoms with van der Waals surface area (Å²) in [6, 6.07) is 10.7. The Morgan fingerprint density at radius 2 is 1.85 bits per heavy atom. The largest absolute Gasteiger partial charge is 0.476 e. The summed E-state index contributed by atoms with van der Waals surface area (Å²) in [6.45, 7) is 6.62. The Balaban J connectivity index is 1.51. The van der Waals surface area contributed by atoms with Crippen molar-refractivity contribution in [3.63, 3.8) is 0 Å². The van der Waals surface area contributed by atoms with Gasteiger partial charge in [-0.3, -0.25) is 14.6 Å². The Morgan fingerprint density at radius 1 is 1.10 bits per heavy atom. The molecular formula is C29H28F3N3O4. The lowest BCUT2D eigenvalue weighted by molar-refractivity contribution is -0.137. The molecule has 5 rings (SSSR count). The molecule has 3 heterocycles. The van der Waals surface area contributed by atoms with E-state index in [2.05, 4.69) is 15.6 Å². The van der Waals surface area contributed by atoms with Crippen molar-refractivity contribution in [2.45, 2.75) is 51.3 Å². The number of rotatable bonds is 4. The monoisotopic (exact) mass is 539 g/mol. The van der Waals surface area contributed by atoms with Crippen molar-refractivity contribution in [1.82, 2.24) is 4.98 Å². The van der Waals surface area contributed by atoms with E-state index in [1.165, 1.54) is 0 Å². The molecule has 1 fully saturated rings.